The smallest absolute Gasteiger partial charge is 0.335 e. The summed E-state index contributed by atoms with van der Waals surface area (Å²) in [5.74, 6) is -0.416. The van der Waals surface area contributed by atoms with Crippen LogP contribution in [0.4, 0.5) is 15.6 Å². The molecule has 8 heteroatoms. The number of carboxylic acids is 1. The van der Waals surface area contributed by atoms with E-state index in [1.807, 2.05) is 0 Å². The van der Waals surface area contributed by atoms with Gasteiger partial charge >= 0.3 is 12.0 Å². The number of aryl methyl sites for hydroxylation is 2. The first-order valence-electron chi connectivity index (χ1n) is 5.68. The molecule has 0 unspecified atom stereocenters. The number of rotatable bonds is 3. The fourth-order valence-corrected chi connectivity index (χ4v) is 2.11. The standard InChI is InChI=1S/C12H12N4O3S/c1-6-5-8(10(17)18)3-4-9(6)14-11(19)15-12-13-7(2)16-20-12/h3-5H,1-2H3,(H,17,18)(H2,13,14,15,16,19). The van der Waals surface area contributed by atoms with Crippen LogP contribution < -0.4 is 10.6 Å². The monoisotopic (exact) mass is 292 g/mol. The number of aromatic nitrogens is 2. The molecule has 2 amide bonds. The molecule has 0 saturated heterocycles. The summed E-state index contributed by atoms with van der Waals surface area (Å²) in [6, 6.07) is 4.02. The van der Waals surface area contributed by atoms with Crippen LogP contribution >= 0.6 is 11.5 Å². The highest BCUT2D eigenvalue weighted by molar-refractivity contribution is 7.09. The van der Waals surface area contributed by atoms with Crippen LogP contribution in [0.3, 0.4) is 0 Å². The predicted octanol–water partition coefficient (Wildman–Crippen LogP) is 2.50. The molecule has 104 valence electrons. The maximum Gasteiger partial charge on any atom is 0.335 e. The number of nitrogens with zero attached hydrogens (tertiary/aromatic N) is 2. The Morgan fingerprint density at radius 2 is 2.00 bits per heavy atom. The van der Waals surface area contributed by atoms with E-state index in [-0.39, 0.29) is 5.56 Å². The number of carbonyl (C=O) groups excluding carboxylic acids is 1. The van der Waals surface area contributed by atoms with Crippen molar-refractivity contribution in [1.82, 2.24) is 9.36 Å². The van der Waals surface area contributed by atoms with E-state index < -0.39 is 12.0 Å². The third-order valence-corrected chi connectivity index (χ3v) is 3.19. The molecule has 0 aliphatic carbocycles. The SMILES string of the molecule is Cc1nsc(NC(=O)Nc2ccc(C(=O)O)cc2C)n1. The summed E-state index contributed by atoms with van der Waals surface area (Å²) in [5.41, 5.74) is 1.37. The van der Waals surface area contributed by atoms with Crippen LogP contribution in [-0.2, 0) is 0 Å². The van der Waals surface area contributed by atoms with Gasteiger partial charge in [-0.2, -0.15) is 4.37 Å². The molecule has 1 aromatic heterocycles. The molecule has 0 fully saturated rings. The summed E-state index contributed by atoms with van der Waals surface area (Å²) in [4.78, 5) is 26.6. The van der Waals surface area contributed by atoms with E-state index >= 15 is 0 Å². The molecule has 1 heterocycles. The van der Waals surface area contributed by atoms with Gasteiger partial charge in [0.25, 0.3) is 0 Å². The summed E-state index contributed by atoms with van der Waals surface area (Å²) >= 11 is 1.09. The van der Waals surface area contributed by atoms with Gasteiger partial charge in [0, 0.05) is 17.2 Å². The molecule has 2 aromatic rings. The van der Waals surface area contributed by atoms with Crippen molar-refractivity contribution in [3.63, 3.8) is 0 Å². The molecule has 0 aliphatic rings. The van der Waals surface area contributed by atoms with Crippen molar-refractivity contribution in [2.45, 2.75) is 13.8 Å². The summed E-state index contributed by atoms with van der Waals surface area (Å²) in [6.45, 7) is 3.45. The average Bonchev–Trinajstić information content (AvgIpc) is 2.77. The van der Waals surface area contributed by atoms with Crippen molar-refractivity contribution >= 4 is 34.4 Å². The fourth-order valence-electron chi connectivity index (χ4n) is 1.54. The van der Waals surface area contributed by atoms with Crippen molar-refractivity contribution in [2.75, 3.05) is 10.6 Å². The van der Waals surface area contributed by atoms with Crippen LogP contribution in [0.1, 0.15) is 21.7 Å². The van der Waals surface area contributed by atoms with E-state index in [0.717, 1.165) is 11.5 Å². The van der Waals surface area contributed by atoms with E-state index in [9.17, 15) is 9.59 Å². The topological polar surface area (TPSA) is 104 Å². The van der Waals surface area contributed by atoms with Gasteiger partial charge in [-0.1, -0.05) is 0 Å². The number of anilines is 2. The minimum atomic E-state index is -1.01. The zero-order valence-corrected chi connectivity index (χ0v) is 11.6. The van der Waals surface area contributed by atoms with Crippen LogP contribution in [0.15, 0.2) is 18.2 Å². The van der Waals surface area contributed by atoms with E-state index in [0.29, 0.717) is 22.2 Å². The van der Waals surface area contributed by atoms with Gasteiger partial charge in [-0.15, -0.1) is 0 Å². The first-order chi connectivity index (χ1) is 9.45. The molecular weight excluding hydrogens is 280 g/mol. The van der Waals surface area contributed by atoms with Gasteiger partial charge in [0.05, 0.1) is 5.56 Å². The van der Waals surface area contributed by atoms with Crippen molar-refractivity contribution in [3.8, 4) is 0 Å². The summed E-state index contributed by atoms with van der Waals surface area (Å²) in [7, 11) is 0. The third kappa shape index (κ3) is 3.29. The summed E-state index contributed by atoms with van der Waals surface area (Å²) < 4.78 is 3.95. The molecule has 1 aromatic carbocycles. The third-order valence-electron chi connectivity index (χ3n) is 2.47. The largest absolute Gasteiger partial charge is 0.478 e. The van der Waals surface area contributed by atoms with Gasteiger partial charge in [-0.05, 0) is 37.6 Å². The van der Waals surface area contributed by atoms with Gasteiger partial charge in [-0.3, -0.25) is 5.32 Å². The lowest BCUT2D eigenvalue weighted by Gasteiger charge is -2.08. The lowest BCUT2D eigenvalue weighted by Crippen LogP contribution is -2.20. The number of benzene rings is 1. The van der Waals surface area contributed by atoms with E-state index in [1.54, 1.807) is 19.9 Å². The van der Waals surface area contributed by atoms with E-state index in [4.69, 9.17) is 5.11 Å². The van der Waals surface area contributed by atoms with Crippen LogP contribution in [0.2, 0.25) is 0 Å². The van der Waals surface area contributed by atoms with Gasteiger partial charge < -0.3 is 10.4 Å². The van der Waals surface area contributed by atoms with E-state index in [1.165, 1.54) is 12.1 Å². The Bertz CT molecular complexity index is 668. The minimum Gasteiger partial charge on any atom is -0.478 e. The Morgan fingerprint density at radius 3 is 2.55 bits per heavy atom. The Morgan fingerprint density at radius 1 is 1.25 bits per heavy atom. The molecule has 0 bridgehead atoms. The van der Waals surface area contributed by atoms with Crippen LogP contribution in [-0.4, -0.2) is 26.5 Å². The molecule has 0 spiro atoms. The van der Waals surface area contributed by atoms with Crippen molar-refractivity contribution in [1.29, 1.82) is 0 Å². The second-order valence-corrected chi connectivity index (χ2v) is 4.81. The van der Waals surface area contributed by atoms with Crippen molar-refractivity contribution < 1.29 is 14.7 Å². The van der Waals surface area contributed by atoms with Gasteiger partial charge in [0.15, 0.2) is 0 Å². The molecular formula is C12H12N4O3S. The Hall–Kier alpha value is -2.48. The first kappa shape index (κ1) is 13.9. The first-order valence-corrected chi connectivity index (χ1v) is 6.45. The highest BCUT2D eigenvalue weighted by Crippen LogP contribution is 2.17. The number of hydrogen-bond donors (Lipinski definition) is 3. The van der Waals surface area contributed by atoms with Gasteiger partial charge in [-0.25, -0.2) is 14.6 Å². The highest BCUT2D eigenvalue weighted by Gasteiger charge is 2.10. The van der Waals surface area contributed by atoms with Gasteiger partial charge in [0.1, 0.15) is 5.82 Å². The Labute approximate surface area is 118 Å². The fraction of sp³-hybridized carbons (Fsp3) is 0.167. The molecule has 3 N–H and O–H groups in total. The molecule has 20 heavy (non-hydrogen) atoms. The predicted molar refractivity (Wildman–Crippen MR) is 75.4 cm³/mol. The maximum absolute atomic E-state index is 11.8. The molecule has 2 rings (SSSR count). The van der Waals surface area contributed by atoms with Crippen LogP contribution in [0.25, 0.3) is 0 Å². The number of urea groups is 1. The summed E-state index contributed by atoms with van der Waals surface area (Å²) in [5, 5.41) is 14.5. The number of aromatic carboxylic acids is 1. The number of hydrogen-bond acceptors (Lipinski definition) is 5. The van der Waals surface area contributed by atoms with Crippen molar-refractivity contribution in [2.24, 2.45) is 0 Å². The van der Waals surface area contributed by atoms with Gasteiger partial charge in [0.2, 0.25) is 5.13 Å². The molecule has 0 saturated carbocycles. The quantitative estimate of drug-likeness (QED) is 0.806. The zero-order valence-electron chi connectivity index (χ0n) is 10.8. The van der Waals surface area contributed by atoms with E-state index in [2.05, 4.69) is 20.0 Å². The Balaban J connectivity index is 2.06. The maximum atomic E-state index is 11.8. The normalized spacial score (nSPS) is 10.1. The van der Waals surface area contributed by atoms with Crippen molar-refractivity contribution in [3.05, 3.63) is 35.2 Å². The Kier molecular flexibility index (Phi) is 3.94. The molecule has 0 aliphatic heterocycles. The second-order valence-electron chi connectivity index (χ2n) is 4.06. The van der Waals surface area contributed by atoms with Crippen LogP contribution in [0.5, 0.6) is 0 Å². The number of carboxylic acid groups (broad SMARTS) is 1. The minimum absolute atomic E-state index is 0.174. The average molecular weight is 292 g/mol. The number of amides is 2. The molecule has 0 radical (unpaired) electrons. The number of carbonyl (C=O) groups is 2. The lowest BCUT2D eigenvalue weighted by atomic mass is 10.1. The summed E-state index contributed by atoms with van der Waals surface area (Å²) in [6.07, 6.45) is 0. The highest BCUT2D eigenvalue weighted by atomic mass is 32.1. The molecule has 0 atom stereocenters. The lowest BCUT2D eigenvalue weighted by molar-refractivity contribution is 0.0697. The zero-order chi connectivity index (χ0) is 14.7. The second kappa shape index (κ2) is 5.66. The number of nitrogens with one attached hydrogen (secondary N) is 2. The molecule has 7 nitrogen and oxygen atoms in total. The van der Waals surface area contributed by atoms with Crippen LogP contribution in [0, 0.1) is 13.8 Å².